The van der Waals surface area contributed by atoms with Crippen LogP contribution in [0.25, 0.3) is 6.08 Å². The zero-order valence-electron chi connectivity index (χ0n) is 17.2. The van der Waals surface area contributed by atoms with Crippen LogP contribution in [0.1, 0.15) is 53.6 Å². The number of esters is 1. The Morgan fingerprint density at radius 3 is 2.55 bits per heavy atom. The van der Waals surface area contributed by atoms with Crippen molar-refractivity contribution in [3.05, 3.63) is 56.4 Å². The van der Waals surface area contributed by atoms with E-state index in [1.165, 1.54) is 29.4 Å². The van der Waals surface area contributed by atoms with Gasteiger partial charge in [0.2, 0.25) is 5.91 Å². The van der Waals surface area contributed by atoms with E-state index in [1.807, 2.05) is 24.3 Å². The molecule has 0 saturated carbocycles. The van der Waals surface area contributed by atoms with Gasteiger partial charge in [0.1, 0.15) is 5.00 Å². The zero-order chi connectivity index (χ0) is 21.2. The summed E-state index contributed by atoms with van der Waals surface area (Å²) in [5.41, 5.74) is 2.69. The molecule has 6 heteroatoms. The Kier molecular flexibility index (Phi) is 6.64. The van der Waals surface area contributed by atoms with Gasteiger partial charge in [-0.05, 0) is 59.9 Å². The molecule has 1 aliphatic carbocycles. The quantitative estimate of drug-likeness (QED) is 0.429. The van der Waals surface area contributed by atoms with E-state index >= 15 is 0 Å². The van der Waals surface area contributed by atoms with Crippen molar-refractivity contribution in [2.24, 2.45) is 11.3 Å². The third-order valence-electron chi connectivity index (χ3n) is 5.41. The summed E-state index contributed by atoms with van der Waals surface area (Å²) in [6.07, 6.45) is 6.04. The second kappa shape index (κ2) is 8.84. The van der Waals surface area contributed by atoms with Gasteiger partial charge in [-0.15, -0.1) is 11.3 Å². The van der Waals surface area contributed by atoms with E-state index in [9.17, 15) is 9.59 Å². The average Bonchev–Trinajstić information content (AvgIpc) is 3.03. The molecule has 0 fully saturated rings. The number of hydrogen-bond donors (Lipinski definition) is 1. The summed E-state index contributed by atoms with van der Waals surface area (Å²) in [7, 11) is 1.38. The molecule has 4 nitrogen and oxygen atoms in total. The van der Waals surface area contributed by atoms with E-state index in [-0.39, 0.29) is 17.3 Å². The van der Waals surface area contributed by atoms with Crippen LogP contribution in [0, 0.1) is 11.3 Å². The van der Waals surface area contributed by atoms with E-state index in [0.717, 1.165) is 34.9 Å². The topological polar surface area (TPSA) is 55.4 Å². The van der Waals surface area contributed by atoms with Gasteiger partial charge in [-0.25, -0.2) is 4.79 Å². The number of benzene rings is 1. The van der Waals surface area contributed by atoms with E-state index in [4.69, 9.17) is 4.74 Å². The van der Waals surface area contributed by atoms with Crippen molar-refractivity contribution in [1.82, 2.24) is 0 Å². The molecule has 1 aromatic heterocycles. The highest BCUT2D eigenvalue weighted by Gasteiger charge is 2.34. The molecule has 1 atom stereocenters. The third kappa shape index (κ3) is 5.17. The molecule has 1 aliphatic rings. The van der Waals surface area contributed by atoms with Gasteiger partial charge in [0.25, 0.3) is 0 Å². The number of ether oxygens (including phenoxy) is 1. The zero-order valence-corrected chi connectivity index (χ0v) is 19.6. The first kappa shape index (κ1) is 21.8. The molecule has 2 aromatic rings. The number of anilines is 1. The number of halogens is 1. The maximum absolute atomic E-state index is 12.5. The minimum absolute atomic E-state index is 0.212. The predicted molar refractivity (Wildman–Crippen MR) is 122 cm³/mol. The van der Waals surface area contributed by atoms with Crippen molar-refractivity contribution in [3.63, 3.8) is 0 Å². The average molecular weight is 476 g/mol. The maximum Gasteiger partial charge on any atom is 0.341 e. The Bertz CT molecular complexity index is 938. The summed E-state index contributed by atoms with van der Waals surface area (Å²) in [4.78, 5) is 26.1. The van der Waals surface area contributed by atoms with Crippen molar-refractivity contribution in [3.8, 4) is 0 Å². The van der Waals surface area contributed by atoms with Crippen LogP contribution in [0.3, 0.4) is 0 Å². The van der Waals surface area contributed by atoms with Gasteiger partial charge in [0.15, 0.2) is 0 Å². The smallest absolute Gasteiger partial charge is 0.341 e. The molecular formula is C23H26BrNO3S. The number of carbonyl (C=O) groups is 2. The molecule has 1 heterocycles. The Labute approximate surface area is 184 Å². The highest BCUT2D eigenvalue weighted by Crippen LogP contribution is 2.44. The fourth-order valence-electron chi connectivity index (χ4n) is 3.63. The number of fused-ring (bicyclic) bond motifs is 1. The van der Waals surface area contributed by atoms with Crippen LogP contribution in [-0.2, 0) is 22.4 Å². The first-order valence-electron chi connectivity index (χ1n) is 9.66. The molecule has 0 aliphatic heterocycles. The molecule has 0 bridgehead atoms. The van der Waals surface area contributed by atoms with Gasteiger partial charge in [-0.2, -0.15) is 0 Å². The highest BCUT2D eigenvalue weighted by molar-refractivity contribution is 9.10. The summed E-state index contributed by atoms with van der Waals surface area (Å²) in [5.74, 6) is -0.0899. The van der Waals surface area contributed by atoms with Crippen molar-refractivity contribution >= 4 is 50.2 Å². The molecule has 1 aromatic carbocycles. The fourth-order valence-corrected chi connectivity index (χ4v) is 5.21. The van der Waals surface area contributed by atoms with Gasteiger partial charge < -0.3 is 10.1 Å². The first-order valence-corrected chi connectivity index (χ1v) is 11.3. The lowest BCUT2D eigenvalue weighted by Crippen LogP contribution is -2.26. The monoisotopic (exact) mass is 475 g/mol. The lowest BCUT2D eigenvalue weighted by atomic mass is 9.72. The lowest BCUT2D eigenvalue weighted by Gasteiger charge is -2.33. The first-order chi connectivity index (χ1) is 13.7. The van der Waals surface area contributed by atoms with Crippen LogP contribution in [0.2, 0.25) is 0 Å². The second-order valence-corrected chi connectivity index (χ2v) is 10.4. The van der Waals surface area contributed by atoms with Crippen molar-refractivity contribution in [2.75, 3.05) is 12.4 Å². The Balaban J connectivity index is 1.83. The molecule has 3 rings (SSSR count). The van der Waals surface area contributed by atoms with Crippen LogP contribution >= 0.6 is 27.3 Å². The van der Waals surface area contributed by atoms with Crippen molar-refractivity contribution < 1.29 is 14.3 Å². The molecule has 1 N–H and O–H groups in total. The third-order valence-corrected chi connectivity index (χ3v) is 7.11. The van der Waals surface area contributed by atoms with Crippen molar-refractivity contribution in [1.29, 1.82) is 0 Å². The standard InChI is InChI=1S/C23H26BrNO3S/c1-23(2,3)15-8-11-17-18(13-15)29-21(20(17)22(27)28-4)25-19(26)12-7-14-5-9-16(24)10-6-14/h5-7,9-10,12,15H,8,11,13H2,1-4H3,(H,25,26). The number of methoxy groups -OCH3 is 1. The Morgan fingerprint density at radius 2 is 1.93 bits per heavy atom. The van der Waals surface area contributed by atoms with Gasteiger partial charge in [0.05, 0.1) is 12.7 Å². The summed E-state index contributed by atoms with van der Waals surface area (Å²) in [5, 5.41) is 3.49. The minimum atomic E-state index is -0.385. The summed E-state index contributed by atoms with van der Waals surface area (Å²) in [6, 6.07) is 7.69. The molecular weight excluding hydrogens is 450 g/mol. The van der Waals surface area contributed by atoms with Gasteiger partial charge in [-0.1, -0.05) is 48.8 Å². The molecule has 1 unspecified atom stereocenters. The van der Waals surface area contributed by atoms with E-state index in [0.29, 0.717) is 16.5 Å². The maximum atomic E-state index is 12.5. The molecule has 0 radical (unpaired) electrons. The molecule has 0 saturated heterocycles. The van der Waals surface area contributed by atoms with Crippen LogP contribution in [0.5, 0.6) is 0 Å². The molecule has 154 valence electrons. The summed E-state index contributed by atoms with van der Waals surface area (Å²) >= 11 is 4.90. The summed E-state index contributed by atoms with van der Waals surface area (Å²) in [6.45, 7) is 6.77. The number of nitrogens with one attached hydrogen (secondary N) is 1. The number of amides is 1. The Hall–Kier alpha value is -1.92. The van der Waals surface area contributed by atoms with E-state index in [1.54, 1.807) is 6.08 Å². The fraction of sp³-hybridized carbons (Fsp3) is 0.391. The van der Waals surface area contributed by atoms with Gasteiger partial charge in [0, 0.05) is 15.4 Å². The number of carbonyl (C=O) groups excluding carboxylic acids is 2. The molecule has 1 amide bonds. The van der Waals surface area contributed by atoms with Crippen LogP contribution in [-0.4, -0.2) is 19.0 Å². The van der Waals surface area contributed by atoms with Crippen LogP contribution in [0.4, 0.5) is 5.00 Å². The minimum Gasteiger partial charge on any atom is -0.465 e. The predicted octanol–water partition coefficient (Wildman–Crippen LogP) is 6.10. The number of thiophene rings is 1. The molecule has 0 spiro atoms. The lowest BCUT2D eigenvalue weighted by molar-refractivity contribution is -0.111. The van der Waals surface area contributed by atoms with Gasteiger partial charge >= 0.3 is 5.97 Å². The SMILES string of the molecule is COC(=O)c1c(NC(=O)C=Cc2ccc(Br)cc2)sc2c1CCC(C(C)(C)C)C2. The van der Waals surface area contributed by atoms with Crippen LogP contribution < -0.4 is 5.32 Å². The van der Waals surface area contributed by atoms with Crippen LogP contribution in [0.15, 0.2) is 34.8 Å². The van der Waals surface area contributed by atoms with Crippen molar-refractivity contribution in [2.45, 2.75) is 40.0 Å². The van der Waals surface area contributed by atoms with Gasteiger partial charge in [-0.3, -0.25) is 4.79 Å². The normalized spacial score (nSPS) is 16.5. The largest absolute Gasteiger partial charge is 0.465 e. The van der Waals surface area contributed by atoms with E-state index in [2.05, 4.69) is 42.0 Å². The number of rotatable bonds is 4. The summed E-state index contributed by atoms with van der Waals surface area (Å²) < 4.78 is 6.00. The molecule has 29 heavy (non-hydrogen) atoms. The Morgan fingerprint density at radius 1 is 1.24 bits per heavy atom. The highest BCUT2D eigenvalue weighted by atomic mass is 79.9. The van der Waals surface area contributed by atoms with E-state index < -0.39 is 0 Å². The second-order valence-electron chi connectivity index (χ2n) is 8.38. The number of hydrogen-bond acceptors (Lipinski definition) is 4.